The average molecular weight is 212 g/mol. The van der Waals surface area contributed by atoms with Gasteiger partial charge in [0.15, 0.2) is 5.11 Å². The summed E-state index contributed by atoms with van der Waals surface area (Å²) in [6.45, 7) is 7.95. The highest BCUT2D eigenvalue weighted by atomic mass is 32.1. The van der Waals surface area contributed by atoms with Crippen molar-refractivity contribution in [1.82, 2.24) is 10.6 Å². The summed E-state index contributed by atoms with van der Waals surface area (Å²) in [6.07, 6.45) is 5.91. The van der Waals surface area contributed by atoms with E-state index in [1.807, 2.05) is 13.0 Å². The zero-order chi connectivity index (χ0) is 10.6. The Hall–Kier alpha value is -0.570. The highest BCUT2D eigenvalue weighted by molar-refractivity contribution is 7.80. The molecule has 0 aliphatic heterocycles. The van der Waals surface area contributed by atoms with Crippen molar-refractivity contribution in [1.29, 1.82) is 0 Å². The van der Waals surface area contributed by atoms with Gasteiger partial charge in [-0.3, -0.25) is 0 Å². The topological polar surface area (TPSA) is 24.1 Å². The Bertz CT molecular complexity index is 211. The molecule has 2 unspecified atom stereocenters. The molecular formula is C11H20N2S. The molecule has 2 atom stereocenters. The van der Waals surface area contributed by atoms with Crippen molar-refractivity contribution in [2.45, 2.75) is 45.2 Å². The molecule has 0 saturated heterocycles. The van der Waals surface area contributed by atoms with Crippen molar-refractivity contribution >= 4 is 17.3 Å². The first-order valence-electron chi connectivity index (χ1n) is 5.33. The summed E-state index contributed by atoms with van der Waals surface area (Å²) < 4.78 is 0. The van der Waals surface area contributed by atoms with Crippen LogP contribution in [0.25, 0.3) is 0 Å². The molecule has 0 heterocycles. The Morgan fingerprint density at radius 1 is 1.43 bits per heavy atom. The van der Waals surface area contributed by atoms with E-state index in [1.54, 1.807) is 0 Å². The van der Waals surface area contributed by atoms with E-state index in [-0.39, 0.29) is 6.04 Å². The lowest BCUT2D eigenvalue weighted by Crippen LogP contribution is -2.47. The maximum absolute atomic E-state index is 5.19. The maximum Gasteiger partial charge on any atom is 0.166 e. The standard InChI is InChI=1S/C11H20N2S/c1-4-8(2)12-11(14)13-9(3)10-6-5-7-10/h4,8-10H,1,5-7H2,2-3H3,(H2,12,13,14). The third-order valence-electron chi connectivity index (χ3n) is 2.93. The molecule has 0 bridgehead atoms. The highest BCUT2D eigenvalue weighted by Crippen LogP contribution is 2.29. The van der Waals surface area contributed by atoms with Gasteiger partial charge in [-0.05, 0) is 44.8 Å². The lowest BCUT2D eigenvalue weighted by Gasteiger charge is -2.32. The molecule has 1 saturated carbocycles. The smallest absolute Gasteiger partial charge is 0.166 e. The normalized spacial score (nSPS) is 20.4. The number of hydrogen-bond donors (Lipinski definition) is 2. The minimum Gasteiger partial charge on any atom is -0.360 e. The second-order valence-electron chi connectivity index (χ2n) is 4.12. The van der Waals surface area contributed by atoms with Crippen LogP contribution in [-0.2, 0) is 0 Å². The van der Waals surface area contributed by atoms with Gasteiger partial charge in [0.1, 0.15) is 0 Å². The van der Waals surface area contributed by atoms with Gasteiger partial charge in [0.05, 0.1) is 0 Å². The van der Waals surface area contributed by atoms with Crippen molar-refractivity contribution in [2.75, 3.05) is 0 Å². The quantitative estimate of drug-likeness (QED) is 0.552. The van der Waals surface area contributed by atoms with Crippen LogP contribution in [0.3, 0.4) is 0 Å². The first kappa shape index (κ1) is 11.5. The molecule has 2 nitrogen and oxygen atoms in total. The van der Waals surface area contributed by atoms with Gasteiger partial charge < -0.3 is 10.6 Å². The van der Waals surface area contributed by atoms with Gasteiger partial charge in [0, 0.05) is 12.1 Å². The molecular weight excluding hydrogens is 192 g/mol. The van der Waals surface area contributed by atoms with Crippen LogP contribution < -0.4 is 10.6 Å². The predicted molar refractivity (Wildman–Crippen MR) is 65.3 cm³/mol. The summed E-state index contributed by atoms with van der Waals surface area (Å²) in [6, 6.07) is 0.740. The SMILES string of the molecule is C=CC(C)NC(=S)NC(C)C1CCC1. The van der Waals surface area contributed by atoms with Crippen molar-refractivity contribution in [2.24, 2.45) is 5.92 Å². The minimum absolute atomic E-state index is 0.239. The second-order valence-corrected chi connectivity index (χ2v) is 4.53. The van der Waals surface area contributed by atoms with Gasteiger partial charge in [-0.15, -0.1) is 6.58 Å². The van der Waals surface area contributed by atoms with E-state index in [4.69, 9.17) is 12.2 Å². The van der Waals surface area contributed by atoms with Crippen LogP contribution in [0.2, 0.25) is 0 Å². The van der Waals surface area contributed by atoms with Gasteiger partial charge in [-0.1, -0.05) is 12.5 Å². The van der Waals surface area contributed by atoms with Crippen LogP contribution in [0.1, 0.15) is 33.1 Å². The van der Waals surface area contributed by atoms with Gasteiger partial charge in [-0.2, -0.15) is 0 Å². The Morgan fingerprint density at radius 3 is 2.50 bits per heavy atom. The summed E-state index contributed by atoms with van der Waals surface area (Å²) in [5, 5.41) is 7.23. The van der Waals surface area contributed by atoms with Gasteiger partial charge >= 0.3 is 0 Å². The third-order valence-corrected chi connectivity index (χ3v) is 3.16. The molecule has 2 N–H and O–H groups in total. The first-order valence-corrected chi connectivity index (χ1v) is 5.74. The molecule has 0 spiro atoms. The number of hydrogen-bond acceptors (Lipinski definition) is 1. The zero-order valence-corrected chi connectivity index (χ0v) is 9.86. The number of thiocarbonyl (C=S) groups is 1. The molecule has 0 aromatic heterocycles. The fourth-order valence-electron chi connectivity index (χ4n) is 1.57. The van der Waals surface area contributed by atoms with E-state index in [0.717, 1.165) is 11.0 Å². The molecule has 0 amide bonds. The van der Waals surface area contributed by atoms with E-state index in [0.29, 0.717) is 6.04 Å². The Balaban J connectivity index is 2.21. The van der Waals surface area contributed by atoms with E-state index < -0.39 is 0 Å². The molecule has 14 heavy (non-hydrogen) atoms. The van der Waals surface area contributed by atoms with E-state index in [1.165, 1.54) is 19.3 Å². The summed E-state index contributed by atoms with van der Waals surface area (Å²) in [5.41, 5.74) is 0. The summed E-state index contributed by atoms with van der Waals surface area (Å²) in [5.74, 6) is 0.814. The first-order chi connectivity index (χ1) is 6.63. The van der Waals surface area contributed by atoms with Gasteiger partial charge in [-0.25, -0.2) is 0 Å². The lowest BCUT2D eigenvalue weighted by atomic mass is 9.80. The summed E-state index contributed by atoms with van der Waals surface area (Å²) >= 11 is 5.19. The van der Waals surface area contributed by atoms with Crippen LogP contribution in [-0.4, -0.2) is 17.2 Å². The van der Waals surface area contributed by atoms with Crippen LogP contribution in [0.15, 0.2) is 12.7 Å². The summed E-state index contributed by atoms with van der Waals surface area (Å²) in [7, 11) is 0. The van der Waals surface area contributed by atoms with Gasteiger partial charge in [0.2, 0.25) is 0 Å². The Labute approximate surface area is 92.2 Å². The molecule has 0 radical (unpaired) electrons. The highest BCUT2D eigenvalue weighted by Gasteiger charge is 2.24. The molecule has 1 fully saturated rings. The van der Waals surface area contributed by atoms with Crippen molar-refractivity contribution in [3.05, 3.63) is 12.7 Å². The average Bonchev–Trinajstić information content (AvgIpc) is 1.99. The molecule has 80 valence electrons. The zero-order valence-electron chi connectivity index (χ0n) is 9.05. The van der Waals surface area contributed by atoms with Crippen LogP contribution >= 0.6 is 12.2 Å². The van der Waals surface area contributed by atoms with E-state index in [9.17, 15) is 0 Å². The number of nitrogens with one attached hydrogen (secondary N) is 2. The van der Waals surface area contributed by atoms with Crippen molar-refractivity contribution in [3.8, 4) is 0 Å². The Kier molecular flexibility index (Phi) is 4.39. The van der Waals surface area contributed by atoms with Crippen LogP contribution in [0, 0.1) is 5.92 Å². The molecule has 1 aliphatic carbocycles. The van der Waals surface area contributed by atoms with Crippen LogP contribution in [0.5, 0.6) is 0 Å². The fourth-order valence-corrected chi connectivity index (χ4v) is 1.94. The molecule has 3 heteroatoms. The maximum atomic E-state index is 5.19. The fraction of sp³-hybridized carbons (Fsp3) is 0.727. The summed E-state index contributed by atoms with van der Waals surface area (Å²) in [4.78, 5) is 0. The molecule has 0 aromatic carbocycles. The number of rotatable bonds is 4. The Morgan fingerprint density at radius 2 is 2.07 bits per heavy atom. The molecule has 0 aromatic rings. The minimum atomic E-state index is 0.239. The van der Waals surface area contributed by atoms with E-state index in [2.05, 4.69) is 24.1 Å². The largest absolute Gasteiger partial charge is 0.360 e. The molecule has 1 aliphatic rings. The van der Waals surface area contributed by atoms with Crippen molar-refractivity contribution < 1.29 is 0 Å². The van der Waals surface area contributed by atoms with E-state index >= 15 is 0 Å². The van der Waals surface area contributed by atoms with Crippen LogP contribution in [0.4, 0.5) is 0 Å². The van der Waals surface area contributed by atoms with Gasteiger partial charge in [0.25, 0.3) is 0 Å². The predicted octanol–water partition coefficient (Wildman–Crippen LogP) is 2.21. The van der Waals surface area contributed by atoms with Crippen molar-refractivity contribution in [3.63, 3.8) is 0 Å². The lowest BCUT2D eigenvalue weighted by molar-refractivity contribution is 0.258. The second kappa shape index (κ2) is 5.35. The molecule has 1 rings (SSSR count). The third kappa shape index (κ3) is 3.29. The monoisotopic (exact) mass is 212 g/mol.